The first-order valence-corrected chi connectivity index (χ1v) is 6.73. The number of hydrogen-bond donors (Lipinski definition) is 1. The molecule has 2 heterocycles. The number of aromatic nitrogens is 2. The van der Waals surface area contributed by atoms with Gasteiger partial charge in [-0.15, -0.1) is 11.3 Å². The molecule has 0 bridgehead atoms. The molecule has 0 fully saturated rings. The molecule has 0 radical (unpaired) electrons. The van der Waals surface area contributed by atoms with E-state index in [1.165, 1.54) is 4.88 Å². The predicted octanol–water partition coefficient (Wildman–Crippen LogP) is 3.66. The van der Waals surface area contributed by atoms with Crippen LogP contribution in [0.25, 0.3) is 0 Å². The number of halogens is 2. The Bertz CT molecular complexity index is 477. The fourth-order valence-electron chi connectivity index (χ4n) is 1.33. The zero-order chi connectivity index (χ0) is 11.0. The molecule has 0 saturated carbocycles. The largest absolute Gasteiger partial charge is 0.383 e. The first-order valence-electron chi connectivity index (χ1n) is 4.33. The molecular formula is C9H9Br2N3S. The highest BCUT2D eigenvalue weighted by atomic mass is 79.9. The van der Waals surface area contributed by atoms with Crippen LogP contribution in [0.15, 0.2) is 26.6 Å². The molecule has 2 rings (SSSR count). The van der Waals surface area contributed by atoms with Crippen LogP contribution >= 0.6 is 43.2 Å². The Morgan fingerprint density at radius 3 is 2.67 bits per heavy atom. The van der Waals surface area contributed by atoms with Crippen molar-refractivity contribution in [2.75, 3.05) is 5.73 Å². The van der Waals surface area contributed by atoms with Gasteiger partial charge < -0.3 is 5.73 Å². The van der Waals surface area contributed by atoms with Crippen molar-refractivity contribution < 1.29 is 0 Å². The van der Waals surface area contributed by atoms with Crippen LogP contribution in [0.4, 0.5) is 5.82 Å². The number of hydrogen-bond acceptors (Lipinski definition) is 3. The molecule has 0 saturated heterocycles. The van der Waals surface area contributed by atoms with Gasteiger partial charge in [0.1, 0.15) is 5.82 Å². The highest BCUT2D eigenvalue weighted by Gasteiger charge is 2.14. The van der Waals surface area contributed by atoms with Crippen molar-refractivity contribution in [1.29, 1.82) is 0 Å². The van der Waals surface area contributed by atoms with Crippen molar-refractivity contribution in [3.63, 3.8) is 0 Å². The van der Waals surface area contributed by atoms with Gasteiger partial charge in [-0.05, 0) is 50.9 Å². The van der Waals surface area contributed by atoms with Crippen molar-refractivity contribution in [3.8, 4) is 0 Å². The Morgan fingerprint density at radius 1 is 1.47 bits per heavy atom. The molecule has 0 aliphatic heterocycles. The van der Waals surface area contributed by atoms with Gasteiger partial charge in [-0.25, -0.2) is 4.68 Å². The monoisotopic (exact) mass is 349 g/mol. The number of nitrogen functional groups attached to an aromatic ring is 1. The molecule has 0 spiro atoms. The Kier molecular flexibility index (Phi) is 3.18. The third-order valence-corrected chi connectivity index (χ3v) is 4.56. The quantitative estimate of drug-likeness (QED) is 0.898. The summed E-state index contributed by atoms with van der Waals surface area (Å²) in [6.07, 6.45) is 1.72. The minimum Gasteiger partial charge on any atom is -0.383 e. The molecule has 3 nitrogen and oxygen atoms in total. The summed E-state index contributed by atoms with van der Waals surface area (Å²) >= 11 is 8.49. The van der Waals surface area contributed by atoms with Crippen molar-refractivity contribution in [2.24, 2.45) is 0 Å². The molecule has 2 aromatic rings. The smallest absolute Gasteiger partial charge is 0.136 e. The van der Waals surface area contributed by atoms with E-state index in [9.17, 15) is 0 Å². The van der Waals surface area contributed by atoms with Crippen molar-refractivity contribution in [3.05, 3.63) is 31.5 Å². The lowest BCUT2D eigenvalue weighted by Crippen LogP contribution is -2.10. The highest BCUT2D eigenvalue weighted by Crippen LogP contribution is 2.31. The Labute approximate surface area is 109 Å². The summed E-state index contributed by atoms with van der Waals surface area (Å²) in [4.78, 5) is 1.23. The first-order chi connectivity index (χ1) is 7.09. The van der Waals surface area contributed by atoms with Crippen molar-refractivity contribution in [2.45, 2.75) is 13.0 Å². The molecule has 15 heavy (non-hydrogen) atoms. The van der Waals surface area contributed by atoms with Crippen LogP contribution in [-0.2, 0) is 0 Å². The van der Waals surface area contributed by atoms with Crippen LogP contribution < -0.4 is 5.73 Å². The summed E-state index contributed by atoms with van der Waals surface area (Å²) < 4.78 is 3.77. The van der Waals surface area contributed by atoms with E-state index in [-0.39, 0.29) is 6.04 Å². The van der Waals surface area contributed by atoms with Gasteiger partial charge in [-0.2, -0.15) is 5.10 Å². The van der Waals surface area contributed by atoms with E-state index in [0.29, 0.717) is 5.82 Å². The number of rotatable bonds is 2. The summed E-state index contributed by atoms with van der Waals surface area (Å²) in [5.74, 6) is 0.659. The van der Waals surface area contributed by atoms with E-state index in [1.807, 2.05) is 10.7 Å². The summed E-state index contributed by atoms with van der Waals surface area (Å²) in [6.45, 7) is 2.08. The van der Waals surface area contributed by atoms with Gasteiger partial charge in [0.05, 0.1) is 20.5 Å². The predicted molar refractivity (Wildman–Crippen MR) is 70.2 cm³/mol. The van der Waals surface area contributed by atoms with E-state index < -0.39 is 0 Å². The van der Waals surface area contributed by atoms with Gasteiger partial charge in [-0.3, -0.25) is 0 Å². The molecule has 2 N–H and O–H groups in total. The van der Waals surface area contributed by atoms with Gasteiger partial charge in [0.25, 0.3) is 0 Å². The molecule has 6 heteroatoms. The molecule has 0 amide bonds. The lowest BCUT2D eigenvalue weighted by Gasteiger charge is -2.11. The highest BCUT2D eigenvalue weighted by molar-refractivity contribution is 9.11. The summed E-state index contributed by atoms with van der Waals surface area (Å²) in [5, 5.41) is 4.24. The fourth-order valence-corrected chi connectivity index (χ4v) is 3.07. The maximum absolute atomic E-state index is 5.89. The fraction of sp³-hybridized carbons (Fsp3) is 0.222. The van der Waals surface area contributed by atoms with Crippen LogP contribution in [0, 0.1) is 0 Å². The minimum absolute atomic E-state index is 0.160. The lowest BCUT2D eigenvalue weighted by atomic mass is 10.3. The summed E-state index contributed by atoms with van der Waals surface area (Å²) in [5.41, 5.74) is 5.89. The van der Waals surface area contributed by atoms with E-state index in [2.05, 4.69) is 49.9 Å². The molecule has 0 aliphatic carbocycles. The Balaban J connectivity index is 2.36. The number of nitrogens with two attached hydrogens (primary N) is 1. The molecule has 2 aromatic heterocycles. The maximum Gasteiger partial charge on any atom is 0.136 e. The van der Waals surface area contributed by atoms with Gasteiger partial charge in [0.2, 0.25) is 0 Å². The number of nitrogens with zero attached hydrogens (tertiary/aromatic N) is 2. The lowest BCUT2D eigenvalue weighted by molar-refractivity contribution is 0.581. The van der Waals surface area contributed by atoms with Crippen LogP contribution in [-0.4, -0.2) is 9.78 Å². The van der Waals surface area contributed by atoms with Crippen LogP contribution in [0.3, 0.4) is 0 Å². The van der Waals surface area contributed by atoms with Gasteiger partial charge in [-0.1, -0.05) is 0 Å². The number of thiophene rings is 1. The van der Waals surface area contributed by atoms with Crippen LogP contribution in [0.5, 0.6) is 0 Å². The zero-order valence-electron chi connectivity index (χ0n) is 7.95. The second kappa shape index (κ2) is 4.27. The molecule has 0 aliphatic rings. The Hall–Kier alpha value is -0.330. The third-order valence-electron chi connectivity index (χ3n) is 2.16. The molecular weight excluding hydrogens is 342 g/mol. The first kappa shape index (κ1) is 11.2. The second-order valence-electron chi connectivity index (χ2n) is 3.14. The average Bonchev–Trinajstić information content (AvgIpc) is 2.75. The summed E-state index contributed by atoms with van der Waals surface area (Å²) in [7, 11) is 0. The van der Waals surface area contributed by atoms with Gasteiger partial charge >= 0.3 is 0 Å². The van der Waals surface area contributed by atoms with E-state index in [1.54, 1.807) is 17.5 Å². The molecule has 1 atom stereocenters. The Morgan fingerprint density at radius 2 is 2.20 bits per heavy atom. The van der Waals surface area contributed by atoms with Crippen molar-refractivity contribution >= 4 is 49.0 Å². The van der Waals surface area contributed by atoms with E-state index in [0.717, 1.165) is 8.26 Å². The maximum atomic E-state index is 5.89. The van der Waals surface area contributed by atoms with Gasteiger partial charge in [0, 0.05) is 4.88 Å². The second-order valence-corrected chi connectivity index (χ2v) is 6.49. The summed E-state index contributed by atoms with van der Waals surface area (Å²) in [6, 6.07) is 4.27. The minimum atomic E-state index is 0.160. The zero-order valence-corrected chi connectivity index (χ0v) is 11.9. The normalized spacial score (nSPS) is 13.0. The molecule has 0 aromatic carbocycles. The SMILES string of the molecule is CC(c1ccc(Br)s1)n1ncc(Br)c1N. The topological polar surface area (TPSA) is 43.8 Å². The standard InChI is InChI=1S/C9H9Br2N3S/c1-5(7-2-3-8(11)15-7)14-9(12)6(10)4-13-14/h2-5H,12H2,1H3. The average molecular weight is 351 g/mol. The van der Waals surface area contributed by atoms with E-state index in [4.69, 9.17) is 5.73 Å². The van der Waals surface area contributed by atoms with Crippen LogP contribution in [0.1, 0.15) is 17.8 Å². The van der Waals surface area contributed by atoms with Crippen molar-refractivity contribution in [1.82, 2.24) is 9.78 Å². The van der Waals surface area contributed by atoms with Gasteiger partial charge in [0.15, 0.2) is 0 Å². The van der Waals surface area contributed by atoms with Crippen LogP contribution in [0.2, 0.25) is 0 Å². The van der Waals surface area contributed by atoms with E-state index >= 15 is 0 Å². The molecule has 1 unspecified atom stereocenters. The third kappa shape index (κ3) is 2.11. The molecule has 80 valence electrons. The number of anilines is 1.